The molecule has 1 aliphatic carbocycles. The predicted octanol–water partition coefficient (Wildman–Crippen LogP) is 4.23. The Labute approximate surface area is 152 Å². The van der Waals surface area contributed by atoms with Crippen molar-refractivity contribution in [3.05, 3.63) is 113 Å². The molecule has 3 heteroatoms. The second-order valence-electron chi connectivity index (χ2n) is 6.29. The largest absolute Gasteiger partial charge is 0.424 e. The zero-order valence-electron chi connectivity index (χ0n) is 14.1. The summed E-state index contributed by atoms with van der Waals surface area (Å²) in [5.41, 5.74) is 3.07. The van der Waals surface area contributed by atoms with E-state index in [1.807, 2.05) is 78.9 Å². The van der Waals surface area contributed by atoms with Crippen molar-refractivity contribution in [2.24, 2.45) is 0 Å². The van der Waals surface area contributed by atoms with Gasteiger partial charge in [0.1, 0.15) is 5.92 Å². The van der Waals surface area contributed by atoms with Crippen LogP contribution in [-0.4, -0.2) is 11.1 Å². The first-order valence-electron chi connectivity index (χ1n) is 8.51. The predicted molar refractivity (Wildman–Crippen MR) is 100 cm³/mol. The molecule has 0 spiro atoms. The van der Waals surface area contributed by atoms with Gasteiger partial charge in [0.25, 0.3) is 5.79 Å². The fourth-order valence-corrected chi connectivity index (χ4v) is 3.32. The van der Waals surface area contributed by atoms with Crippen molar-refractivity contribution in [2.75, 3.05) is 0 Å². The Balaban J connectivity index is 1.69. The van der Waals surface area contributed by atoms with E-state index in [9.17, 15) is 9.90 Å². The van der Waals surface area contributed by atoms with Gasteiger partial charge in [0, 0.05) is 5.56 Å². The highest BCUT2D eigenvalue weighted by Crippen LogP contribution is 2.37. The van der Waals surface area contributed by atoms with Crippen LogP contribution in [0.4, 0.5) is 0 Å². The van der Waals surface area contributed by atoms with Crippen LogP contribution in [-0.2, 0) is 15.3 Å². The molecule has 3 aromatic rings. The number of aliphatic hydroxyl groups is 1. The minimum Gasteiger partial charge on any atom is -0.424 e. The molecule has 1 N–H and O–H groups in total. The summed E-state index contributed by atoms with van der Waals surface area (Å²) in [4.78, 5) is 13.1. The molecular weight excluding hydrogens is 324 g/mol. The van der Waals surface area contributed by atoms with Gasteiger partial charge in [0.05, 0.1) is 0 Å². The highest BCUT2D eigenvalue weighted by molar-refractivity contribution is 5.83. The van der Waals surface area contributed by atoms with E-state index in [1.165, 1.54) is 6.08 Å². The zero-order valence-corrected chi connectivity index (χ0v) is 14.1. The van der Waals surface area contributed by atoms with Crippen LogP contribution in [0.2, 0.25) is 0 Å². The summed E-state index contributed by atoms with van der Waals surface area (Å²) in [5, 5.41) is 10.9. The molecule has 0 fully saturated rings. The summed E-state index contributed by atoms with van der Waals surface area (Å²) < 4.78 is 5.63. The molecule has 128 valence electrons. The molecule has 0 amide bonds. The van der Waals surface area contributed by atoms with Gasteiger partial charge in [-0.2, -0.15) is 0 Å². The standard InChI is InChI=1S/C23H18O3/c24-22(26-23(25)16-15-17-9-7-8-14-20(17)23)21(18-10-3-1-4-11-18)19-12-5-2-6-13-19/h1-16,21,25H. The summed E-state index contributed by atoms with van der Waals surface area (Å²) in [6.45, 7) is 0. The van der Waals surface area contributed by atoms with Gasteiger partial charge in [0.15, 0.2) is 0 Å². The van der Waals surface area contributed by atoms with Crippen molar-refractivity contribution in [1.82, 2.24) is 0 Å². The summed E-state index contributed by atoms with van der Waals surface area (Å²) in [7, 11) is 0. The highest BCUT2D eigenvalue weighted by Gasteiger charge is 2.39. The van der Waals surface area contributed by atoms with E-state index in [1.54, 1.807) is 12.1 Å². The Kier molecular flexibility index (Phi) is 4.15. The lowest BCUT2D eigenvalue weighted by atomic mass is 9.91. The molecule has 0 radical (unpaired) electrons. The van der Waals surface area contributed by atoms with Gasteiger partial charge in [0.2, 0.25) is 0 Å². The van der Waals surface area contributed by atoms with Crippen molar-refractivity contribution >= 4 is 12.0 Å². The van der Waals surface area contributed by atoms with Crippen LogP contribution in [0.25, 0.3) is 6.08 Å². The molecule has 0 bridgehead atoms. The number of fused-ring (bicyclic) bond motifs is 1. The molecule has 3 aromatic carbocycles. The van der Waals surface area contributed by atoms with Gasteiger partial charge in [-0.05, 0) is 22.8 Å². The van der Waals surface area contributed by atoms with Gasteiger partial charge >= 0.3 is 5.97 Å². The number of esters is 1. The molecule has 4 rings (SSSR count). The lowest BCUT2D eigenvalue weighted by Crippen LogP contribution is -2.31. The van der Waals surface area contributed by atoms with E-state index >= 15 is 0 Å². The Bertz CT molecular complexity index is 908. The Morgan fingerprint density at radius 3 is 1.96 bits per heavy atom. The highest BCUT2D eigenvalue weighted by atomic mass is 16.7. The van der Waals surface area contributed by atoms with E-state index in [2.05, 4.69) is 0 Å². The molecule has 0 saturated carbocycles. The van der Waals surface area contributed by atoms with Crippen LogP contribution in [0.5, 0.6) is 0 Å². The minimum atomic E-state index is -1.74. The first-order chi connectivity index (χ1) is 12.7. The fraction of sp³-hybridized carbons (Fsp3) is 0.0870. The zero-order chi connectivity index (χ0) is 18.0. The fourth-order valence-electron chi connectivity index (χ4n) is 3.32. The number of benzene rings is 3. The van der Waals surface area contributed by atoms with Gasteiger partial charge in [-0.15, -0.1) is 0 Å². The number of carbonyl (C=O) groups excluding carboxylic acids is 1. The van der Waals surface area contributed by atoms with Crippen molar-refractivity contribution in [3.63, 3.8) is 0 Å². The number of hydrogen-bond acceptors (Lipinski definition) is 3. The molecule has 0 aromatic heterocycles. The Morgan fingerprint density at radius 1 is 0.808 bits per heavy atom. The van der Waals surface area contributed by atoms with Gasteiger partial charge < -0.3 is 9.84 Å². The number of ether oxygens (including phenoxy) is 1. The number of rotatable bonds is 4. The van der Waals surface area contributed by atoms with Crippen LogP contribution in [0, 0.1) is 0 Å². The molecular formula is C23H18O3. The molecule has 1 unspecified atom stereocenters. The molecule has 3 nitrogen and oxygen atoms in total. The van der Waals surface area contributed by atoms with Gasteiger partial charge in [-0.1, -0.05) is 91.0 Å². The van der Waals surface area contributed by atoms with E-state index in [0.29, 0.717) is 5.56 Å². The Morgan fingerprint density at radius 2 is 1.35 bits per heavy atom. The van der Waals surface area contributed by atoms with E-state index in [-0.39, 0.29) is 0 Å². The molecule has 0 saturated heterocycles. The smallest absolute Gasteiger partial charge is 0.320 e. The van der Waals surface area contributed by atoms with Crippen LogP contribution in [0.15, 0.2) is 91.0 Å². The lowest BCUT2D eigenvalue weighted by molar-refractivity contribution is -0.194. The lowest BCUT2D eigenvalue weighted by Gasteiger charge is -2.26. The maximum absolute atomic E-state index is 13.1. The Hall–Kier alpha value is -3.17. The van der Waals surface area contributed by atoms with Crippen molar-refractivity contribution in [3.8, 4) is 0 Å². The maximum Gasteiger partial charge on any atom is 0.320 e. The third-order valence-electron chi connectivity index (χ3n) is 4.59. The first-order valence-corrected chi connectivity index (χ1v) is 8.51. The number of hydrogen-bond donors (Lipinski definition) is 1. The molecule has 0 aliphatic heterocycles. The third-order valence-corrected chi connectivity index (χ3v) is 4.59. The van der Waals surface area contributed by atoms with Crippen LogP contribution in [0.3, 0.4) is 0 Å². The van der Waals surface area contributed by atoms with Crippen molar-refractivity contribution < 1.29 is 14.6 Å². The number of carbonyl (C=O) groups is 1. The average Bonchev–Trinajstić information content (AvgIpc) is 3.01. The van der Waals surface area contributed by atoms with Gasteiger partial charge in [-0.3, -0.25) is 4.79 Å². The molecule has 0 heterocycles. The third kappa shape index (κ3) is 2.93. The second-order valence-corrected chi connectivity index (χ2v) is 6.29. The molecule has 1 atom stereocenters. The summed E-state index contributed by atoms with van der Waals surface area (Å²) in [6.07, 6.45) is 3.28. The average molecular weight is 342 g/mol. The van der Waals surface area contributed by atoms with Crippen molar-refractivity contribution in [2.45, 2.75) is 11.7 Å². The topological polar surface area (TPSA) is 46.5 Å². The first kappa shape index (κ1) is 16.3. The van der Waals surface area contributed by atoms with Gasteiger partial charge in [-0.25, -0.2) is 0 Å². The minimum absolute atomic E-state index is 0.494. The van der Waals surface area contributed by atoms with Crippen LogP contribution >= 0.6 is 0 Å². The van der Waals surface area contributed by atoms with Crippen molar-refractivity contribution in [1.29, 1.82) is 0 Å². The quantitative estimate of drug-likeness (QED) is 0.570. The SMILES string of the molecule is O=C(OC1(O)C=Cc2ccccc21)C(c1ccccc1)c1ccccc1. The summed E-state index contributed by atoms with van der Waals surface area (Å²) >= 11 is 0. The molecule has 1 aliphatic rings. The van der Waals surface area contributed by atoms with Crippen LogP contribution < -0.4 is 0 Å². The van der Waals surface area contributed by atoms with E-state index < -0.39 is 17.7 Å². The normalized spacial score (nSPS) is 17.9. The van der Waals surface area contributed by atoms with E-state index in [0.717, 1.165) is 16.7 Å². The maximum atomic E-state index is 13.1. The monoisotopic (exact) mass is 342 g/mol. The summed E-state index contributed by atoms with van der Waals surface area (Å²) in [6, 6.07) is 26.3. The van der Waals surface area contributed by atoms with E-state index in [4.69, 9.17) is 4.74 Å². The molecule has 26 heavy (non-hydrogen) atoms. The van der Waals surface area contributed by atoms with Crippen LogP contribution in [0.1, 0.15) is 28.2 Å². The second kappa shape index (κ2) is 6.62. The summed E-state index contributed by atoms with van der Waals surface area (Å²) in [5.74, 6) is -2.84.